The summed E-state index contributed by atoms with van der Waals surface area (Å²) in [5.74, 6) is 2.16. The maximum absolute atomic E-state index is 12.0. The molecule has 0 aliphatic heterocycles. The van der Waals surface area contributed by atoms with Gasteiger partial charge in [0.15, 0.2) is 0 Å². The van der Waals surface area contributed by atoms with Crippen LogP contribution in [0.25, 0.3) is 0 Å². The fourth-order valence-corrected chi connectivity index (χ4v) is 1.43. The number of nitrogen functional groups attached to an aromatic ring is 1. The van der Waals surface area contributed by atoms with E-state index in [-0.39, 0.29) is 11.8 Å². The molecule has 1 amide bonds. The summed E-state index contributed by atoms with van der Waals surface area (Å²) in [4.78, 5) is 12.0. The number of nitrogens with one attached hydrogen (secondary N) is 1. The molecule has 1 aromatic rings. The fraction of sp³-hybridized carbons (Fsp3) is 0.357. The molecule has 0 aliphatic rings. The van der Waals surface area contributed by atoms with E-state index < -0.39 is 5.54 Å². The van der Waals surface area contributed by atoms with Crippen molar-refractivity contribution in [2.45, 2.75) is 32.2 Å². The van der Waals surface area contributed by atoms with Gasteiger partial charge in [0.2, 0.25) is 5.91 Å². The minimum Gasteiger partial charge on any atom is -0.399 e. The van der Waals surface area contributed by atoms with E-state index >= 15 is 0 Å². The molecule has 0 aliphatic carbocycles. The summed E-state index contributed by atoms with van der Waals surface area (Å²) in [6, 6.07) is 7.30. The molecule has 3 nitrogen and oxygen atoms in total. The van der Waals surface area contributed by atoms with Crippen molar-refractivity contribution in [1.82, 2.24) is 5.32 Å². The molecule has 0 aromatic heterocycles. The lowest BCUT2D eigenvalue weighted by atomic mass is 9.98. The van der Waals surface area contributed by atoms with Gasteiger partial charge in [-0.05, 0) is 38.5 Å². The molecule has 0 spiro atoms. The highest BCUT2D eigenvalue weighted by atomic mass is 16.2. The van der Waals surface area contributed by atoms with Crippen LogP contribution >= 0.6 is 0 Å². The van der Waals surface area contributed by atoms with E-state index in [4.69, 9.17) is 12.2 Å². The minimum atomic E-state index is -0.633. The first-order valence-electron chi connectivity index (χ1n) is 5.51. The Morgan fingerprint density at radius 2 is 2.18 bits per heavy atom. The van der Waals surface area contributed by atoms with Crippen LogP contribution in [0.15, 0.2) is 24.3 Å². The summed E-state index contributed by atoms with van der Waals surface area (Å²) >= 11 is 0. The third kappa shape index (κ3) is 3.53. The predicted molar refractivity (Wildman–Crippen MR) is 70.3 cm³/mol. The van der Waals surface area contributed by atoms with E-state index in [0.29, 0.717) is 5.69 Å². The summed E-state index contributed by atoms with van der Waals surface area (Å²) in [5, 5.41) is 2.81. The van der Waals surface area contributed by atoms with Gasteiger partial charge in [0.25, 0.3) is 0 Å². The van der Waals surface area contributed by atoms with Crippen LogP contribution in [0.3, 0.4) is 0 Å². The van der Waals surface area contributed by atoms with Gasteiger partial charge >= 0.3 is 0 Å². The van der Waals surface area contributed by atoms with E-state index in [1.165, 1.54) is 0 Å². The van der Waals surface area contributed by atoms with Crippen LogP contribution in [0.1, 0.15) is 32.3 Å². The van der Waals surface area contributed by atoms with Crippen molar-refractivity contribution in [3.05, 3.63) is 29.8 Å². The Balaban J connectivity index is 2.81. The summed E-state index contributed by atoms with van der Waals surface area (Å²) in [7, 11) is 0. The number of anilines is 1. The molecule has 3 N–H and O–H groups in total. The molecule has 90 valence electrons. The molecule has 1 aromatic carbocycles. The molecule has 0 bridgehead atoms. The predicted octanol–water partition coefficient (Wildman–Crippen LogP) is 1.90. The number of hydrogen-bond acceptors (Lipinski definition) is 2. The molecule has 1 atom stereocenters. The first-order chi connectivity index (χ1) is 7.85. The first-order valence-corrected chi connectivity index (χ1v) is 5.51. The Bertz CT molecular complexity index is 458. The van der Waals surface area contributed by atoms with Crippen LogP contribution < -0.4 is 11.1 Å². The largest absolute Gasteiger partial charge is 0.399 e. The monoisotopic (exact) mass is 230 g/mol. The van der Waals surface area contributed by atoms with Crippen molar-refractivity contribution in [3.63, 3.8) is 0 Å². The summed E-state index contributed by atoms with van der Waals surface area (Å²) in [5.41, 5.74) is 6.59. The summed E-state index contributed by atoms with van der Waals surface area (Å²) < 4.78 is 0. The Labute approximate surface area is 102 Å². The van der Waals surface area contributed by atoms with Gasteiger partial charge in [-0.15, -0.1) is 6.42 Å². The lowest BCUT2D eigenvalue weighted by molar-refractivity contribution is -0.123. The van der Waals surface area contributed by atoms with Crippen molar-refractivity contribution in [1.29, 1.82) is 0 Å². The van der Waals surface area contributed by atoms with E-state index in [1.807, 2.05) is 19.1 Å². The quantitative estimate of drug-likeness (QED) is 0.615. The van der Waals surface area contributed by atoms with Crippen molar-refractivity contribution in [2.75, 3.05) is 5.73 Å². The maximum Gasteiger partial charge on any atom is 0.228 e. The minimum absolute atomic E-state index is 0.0986. The van der Waals surface area contributed by atoms with Gasteiger partial charge in [0.05, 0.1) is 11.5 Å². The van der Waals surface area contributed by atoms with Gasteiger partial charge in [0, 0.05) is 5.69 Å². The topological polar surface area (TPSA) is 55.1 Å². The Kier molecular flexibility index (Phi) is 3.80. The molecule has 17 heavy (non-hydrogen) atoms. The maximum atomic E-state index is 12.0. The molecule has 3 heteroatoms. The molecule has 0 radical (unpaired) electrons. The van der Waals surface area contributed by atoms with Crippen molar-refractivity contribution in [3.8, 4) is 12.3 Å². The second-order valence-corrected chi connectivity index (χ2v) is 4.65. The molecule has 0 saturated carbocycles. The first kappa shape index (κ1) is 13.1. The third-order valence-corrected chi connectivity index (χ3v) is 2.60. The van der Waals surface area contributed by atoms with Crippen molar-refractivity contribution < 1.29 is 4.79 Å². The molecule has 0 heterocycles. The number of benzene rings is 1. The second-order valence-electron chi connectivity index (χ2n) is 4.65. The van der Waals surface area contributed by atoms with Crippen LogP contribution in [0.4, 0.5) is 5.69 Å². The summed E-state index contributed by atoms with van der Waals surface area (Å²) in [6.45, 7) is 5.41. The highest BCUT2D eigenvalue weighted by Gasteiger charge is 2.22. The number of terminal acetylenes is 1. The van der Waals surface area contributed by atoms with Crippen LogP contribution in [0, 0.1) is 12.3 Å². The SMILES string of the molecule is C#CC(C)(C)NC(=O)C(C)c1cccc(N)c1. The van der Waals surface area contributed by atoms with E-state index in [9.17, 15) is 4.79 Å². The van der Waals surface area contributed by atoms with Gasteiger partial charge in [-0.1, -0.05) is 18.1 Å². The number of amides is 1. The third-order valence-electron chi connectivity index (χ3n) is 2.60. The zero-order valence-corrected chi connectivity index (χ0v) is 10.4. The van der Waals surface area contributed by atoms with Crippen LogP contribution in [0.2, 0.25) is 0 Å². The highest BCUT2D eigenvalue weighted by molar-refractivity contribution is 5.84. The van der Waals surface area contributed by atoms with E-state index in [2.05, 4.69) is 11.2 Å². The highest BCUT2D eigenvalue weighted by Crippen LogP contribution is 2.18. The van der Waals surface area contributed by atoms with Gasteiger partial charge in [-0.3, -0.25) is 4.79 Å². The Morgan fingerprint density at radius 3 is 2.71 bits per heavy atom. The van der Waals surface area contributed by atoms with Crippen LogP contribution in [-0.4, -0.2) is 11.4 Å². The number of rotatable bonds is 3. The van der Waals surface area contributed by atoms with Crippen LogP contribution in [0.5, 0.6) is 0 Å². The van der Waals surface area contributed by atoms with Gasteiger partial charge in [0.1, 0.15) is 0 Å². The molecule has 1 rings (SSSR count). The number of nitrogens with two attached hydrogens (primary N) is 1. The zero-order valence-electron chi connectivity index (χ0n) is 10.4. The number of hydrogen-bond donors (Lipinski definition) is 2. The zero-order chi connectivity index (χ0) is 13.1. The molecule has 0 saturated heterocycles. The van der Waals surface area contributed by atoms with Gasteiger partial charge in [-0.25, -0.2) is 0 Å². The fourth-order valence-electron chi connectivity index (χ4n) is 1.43. The van der Waals surface area contributed by atoms with Crippen LogP contribution in [-0.2, 0) is 4.79 Å². The van der Waals surface area contributed by atoms with Crippen molar-refractivity contribution in [2.24, 2.45) is 0 Å². The smallest absolute Gasteiger partial charge is 0.228 e. The molecular weight excluding hydrogens is 212 g/mol. The summed E-state index contributed by atoms with van der Waals surface area (Å²) in [6.07, 6.45) is 5.33. The molecule has 0 fully saturated rings. The van der Waals surface area contributed by atoms with E-state index in [1.54, 1.807) is 26.0 Å². The number of carbonyl (C=O) groups excluding carboxylic acids is 1. The van der Waals surface area contributed by atoms with Gasteiger partial charge < -0.3 is 11.1 Å². The van der Waals surface area contributed by atoms with Crippen molar-refractivity contribution >= 4 is 11.6 Å². The lowest BCUT2D eigenvalue weighted by Crippen LogP contribution is -2.43. The van der Waals surface area contributed by atoms with Gasteiger partial charge in [-0.2, -0.15) is 0 Å². The normalized spacial score (nSPS) is 12.6. The average molecular weight is 230 g/mol. The average Bonchev–Trinajstić information content (AvgIpc) is 2.27. The molecule has 1 unspecified atom stereocenters. The Morgan fingerprint density at radius 1 is 1.53 bits per heavy atom. The standard InChI is InChI=1S/C14H18N2O/c1-5-14(3,4)16-13(17)10(2)11-7-6-8-12(15)9-11/h1,6-10H,15H2,2-4H3,(H,16,17). The second kappa shape index (κ2) is 4.92. The number of carbonyl (C=O) groups is 1. The Hall–Kier alpha value is -1.95. The molecular formula is C14H18N2O. The lowest BCUT2D eigenvalue weighted by Gasteiger charge is -2.22. The van der Waals surface area contributed by atoms with E-state index in [0.717, 1.165) is 5.56 Å².